The maximum absolute atomic E-state index is 13.1. The molecule has 0 fully saturated rings. The number of nitrogens with zero attached hydrogens (tertiary/aromatic N) is 3. The first-order valence-corrected chi connectivity index (χ1v) is 11.0. The third-order valence-corrected chi connectivity index (χ3v) is 6.47. The number of H-pyrrole nitrogens is 1. The SMILES string of the molecule is Cn1ncc2[nH]c3ccc(Cc4ccccc4CN4C(=O)c5ccccc5C4=O)cc3c(=O)c21. The second-order valence-corrected chi connectivity index (χ2v) is 8.55. The van der Waals surface area contributed by atoms with Crippen molar-refractivity contribution in [3.63, 3.8) is 0 Å². The molecule has 3 aromatic carbocycles. The minimum Gasteiger partial charge on any atom is -0.352 e. The molecule has 0 atom stereocenters. The summed E-state index contributed by atoms with van der Waals surface area (Å²) in [6, 6.07) is 20.5. The fraction of sp³-hybridized carbons (Fsp3) is 0.111. The van der Waals surface area contributed by atoms with E-state index in [1.165, 1.54) is 4.90 Å². The molecule has 3 heterocycles. The van der Waals surface area contributed by atoms with Crippen molar-refractivity contribution in [2.24, 2.45) is 7.05 Å². The van der Waals surface area contributed by atoms with E-state index in [0.29, 0.717) is 34.0 Å². The minimum atomic E-state index is -0.271. The van der Waals surface area contributed by atoms with E-state index in [2.05, 4.69) is 10.1 Å². The highest BCUT2D eigenvalue weighted by Crippen LogP contribution is 2.26. The van der Waals surface area contributed by atoms with Crippen LogP contribution < -0.4 is 5.43 Å². The molecule has 0 radical (unpaired) electrons. The second kappa shape index (κ2) is 7.52. The highest BCUT2D eigenvalue weighted by Gasteiger charge is 2.35. The summed E-state index contributed by atoms with van der Waals surface area (Å²) < 4.78 is 1.58. The van der Waals surface area contributed by atoms with Gasteiger partial charge in [-0.05, 0) is 47.4 Å². The van der Waals surface area contributed by atoms with Crippen LogP contribution in [0.3, 0.4) is 0 Å². The third kappa shape index (κ3) is 3.05. The second-order valence-electron chi connectivity index (χ2n) is 8.55. The predicted molar refractivity (Wildman–Crippen MR) is 129 cm³/mol. The normalized spacial score (nSPS) is 13.3. The van der Waals surface area contributed by atoms with E-state index in [1.54, 1.807) is 42.2 Å². The highest BCUT2D eigenvalue weighted by atomic mass is 16.2. The number of aromatic nitrogens is 3. The molecule has 1 N–H and O–H groups in total. The number of hydrogen-bond acceptors (Lipinski definition) is 4. The van der Waals surface area contributed by atoms with Gasteiger partial charge in [0.25, 0.3) is 11.8 Å². The molecule has 0 unspecified atom stereocenters. The summed E-state index contributed by atoms with van der Waals surface area (Å²) in [6.07, 6.45) is 2.22. The summed E-state index contributed by atoms with van der Waals surface area (Å²) in [4.78, 5) is 43.3. The van der Waals surface area contributed by atoms with Gasteiger partial charge in [0, 0.05) is 18.0 Å². The lowest BCUT2D eigenvalue weighted by molar-refractivity contribution is 0.0642. The van der Waals surface area contributed by atoms with Crippen molar-refractivity contribution in [2.75, 3.05) is 0 Å². The summed E-state index contributed by atoms with van der Waals surface area (Å²) in [5.74, 6) is -0.541. The molecule has 5 aromatic rings. The first-order chi connectivity index (χ1) is 16.5. The number of pyridine rings is 1. The number of carbonyl (C=O) groups is 2. The third-order valence-electron chi connectivity index (χ3n) is 6.47. The quantitative estimate of drug-likeness (QED) is 0.424. The molecule has 0 saturated carbocycles. The summed E-state index contributed by atoms with van der Waals surface area (Å²) >= 11 is 0. The van der Waals surface area contributed by atoms with Gasteiger partial charge in [0.2, 0.25) is 5.43 Å². The van der Waals surface area contributed by atoms with Crippen molar-refractivity contribution >= 4 is 33.8 Å². The standard InChI is InChI=1S/C27H20N4O3/c1-30-24-23(14-28-30)29-22-11-10-16(13-21(22)25(24)32)12-17-6-2-3-7-18(17)15-31-26(33)19-8-4-5-9-20(19)27(31)34/h2-11,13-14H,12,15H2,1H3,(H,29,32). The number of hydrogen-bond donors (Lipinski definition) is 1. The van der Waals surface area contributed by atoms with E-state index in [1.807, 2.05) is 42.5 Å². The van der Waals surface area contributed by atoms with Crippen molar-refractivity contribution in [1.29, 1.82) is 0 Å². The van der Waals surface area contributed by atoms with Crippen LogP contribution in [0.4, 0.5) is 0 Å². The van der Waals surface area contributed by atoms with Gasteiger partial charge in [0.1, 0.15) is 5.52 Å². The fourth-order valence-corrected chi connectivity index (χ4v) is 4.73. The Morgan fingerprint density at radius 1 is 0.824 bits per heavy atom. The Morgan fingerprint density at radius 2 is 1.50 bits per heavy atom. The predicted octanol–water partition coefficient (Wildman–Crippen LogP) is 3.80. The van der Waals surface area contributed by atoms with E-state index < -0.39 is 0 Å². The number of fused-ring (bicyclic) bond motifs is 3. The molecular weight excluding hydrogens is 428 g/mol. The molecule has 2 amide bonds. The molecule has 0 spiro atoms. The summed E-state index contributed by atoms with van der Waals surface area (Å²) in [5, 5.41) is 4.79. The van der Waals surface area contributed by atoms with Crippen LogP contribution in [-0.4, -0.2) is 31.5 Å². The Kier molecular flexibility index (Phi) is 4.45. The molecule has 7 heteroatoms. The van der Waals surface area contributed by atoms with Gasteiger partial charge in [0.15, 0.2) is 0 Å². The molecule has 6 rings (SSSR count). The Morgan fingerprint density at radius 3 is 2.24 bits per heavy atom. The molecule has 7 nitrogen and oxygen atoms in total. The van der Waals surface area contributed by atoms with Gasteiger partial charge in [-0.15, -0.1) is 0 Å². The van der Waals surface area contributed by atoms with Gasteiger partial charge in [-0.2, -0.15) is 5.10 Å². The monoisotopic (exact) mass is 448 g/mol. The van der Waals surface area contributed by atoms with Gasteiger partial charge >= 0.3 is 0 Å². The van der Waals surface area contributed by atoms with Gasteiger partial charge < -0.3 is 4.98 Å². The molecular formula is C27H20N4O3. The van der Waals surface area contributed by atoms with E-state index in [0.717, 1.165) is 22.2 Å². The van der Waals surface area contributed by atoms with E-state index in [9.17, 15) is 14.4 Å². The van der Waals surface area contributed by atoms with Crippen LogP contribution in [-0.2, 0) is 20.0 Å². The molecule has 166 valence electrons. The Balaban J connectivity index is 1.34. The van der Waals surface area contributed by atoms with Crippen LogP contribution in [0.5, 0.6) is 0 Å². The van der Waals surface area contributed by atoms with Gasteiger partial charge in [-0.25, -0.2) is 0 Å². The summed E-state index contributed by atoms with van der Waals surface area (Å²) in [6.45, 7) is 0.201. The number of benzene rings is 3. The maximum Gasteiger partial charge on any atom is 0.261 e. The smallest absolute Gasteiger partial charge is 0.261 e. The summed E-state index contributed by atoms with van der Waals surface area (Å²) in [7, 11) is 1.75. The lowest BCUT2D eigenvalue weighted by Crippen LogP contribution is -2.29. The van der Waals surface area contributed by atoms with Crippen molar-refractivity contribution in [3.8, 4) is 0 Å². The molecule has 0 aliphatic carbocycles. The first-order valence-electron chi connectivity index (χ1n) is 11.0. The summed E-state index contributed by atoms with van der Waals surface area (Å²) in [5.41, 5.74) is 5.69. The zero-order valence-electron chi connectivity index (χ0n) is 18.4. The van der Waals surface area contributed by atoms with Crippen molar-refractivity contribution in [2.45, 2.75) is 13.0 Å². The van der Waals surface area contributed by atoms with Gasteiger partial charge in [0.05, 0.1) is 29.4 Å². The van der Waals surface area contributed by atoms with Crippen LogP contribution in [0.25, 0.3) is 21.9 Å². The molecule has 1 aliphatic rings. The first kappa shape index (κ1) is 20.1. The van der Waals surface area contributed by atoms with Crippen molar-refractivity contribution < 1.29 is 9.59 Å². The molecule has 0 bridgehead atoms. The van der Waals surface area contributed by atoms with Crippen molar-refractivity contribution in [1.82, 2.24) is 19.7 Å². The van der Waals surface area contributed by atoms with Crippen LogP contribution in [0.2, 0.25) is 0 Å². The fourth-order valence-electron chi connectivity index (χ4n) is 4.73. The number of rotatable bonds is 4. The largest absolute Gasteiger partial charge is 0.352 e. The Bertz CT molecular complexity index is 1660. The minimum absolute atomic E-state index is 0.0649. The molecule has 1 aliphatic heterocycles. The molecule has 2 aromatic heterocycles. The lowest BCUT2D eigenvalue weighted by atomic mass is 9.98. The Labute approximate surface area is 194 Å². The number of carbonyl (C=O) groups excluding carboxylic acids is 2. The average molecular weight is 448 g/mol. The zero-order chi connectivity index (χ0) is 23.4. The maximum atomic E-state index is 13.1. The molecule has 0 saturated heterocycles. The van der Waals surface area contributed by atoms with Crippen LogP contribution in [0.15, 0.2) is 77.7 Å². The number of aryl methyl sites for hydroxylation is 1. The lowest BCUT2D eigenvalue weighted by Gasteiger charge is -2.17. The zero-order valence-corrected chi connectivity index (χ0v) is 18.4. The average Bonchev–Trinajstić information content (AvgIpc) is 3.34. The van der Waals surface area contributed by atoms with Gasteiger partial charge in [-0.3, -0.25) is 24.0 Å². The van der Waals surface area contributed by atoms with E-state index in [-0.39, 0.29) is 23.8 Å². The topological polar surface area (TPSA) is 88.1 Å². The highest BCUT2D eigenvalue weighted by molar-refractivity contribution is 6.21. The Hall–Kier alpha value is -4.52. The van der Waals surface area contributed by atoms with Crippen LogP contribution >= 0.6 is 0 Å². The molecule has 34 heavy (non-hydrogen) atoms. The number of nitrogens with one attached hydrogen (secondary N) is 1. The number of aromatic amines is 1. The number of imide groups is 1. The van der Waals surface area contributed by atoms with Gasteiger partial charge in [-0.1, -0.05) is 42.5 Å². The van der Waals surface area contributed by atoms with Crippen LogP contribution in [0.1, 0.15) is 37.4 Å². The van der Waals surface area contributed by atoms with E-state index >= 15 is 0 Å². The van der Waals surface area contributed by atoms with Crippen molar-refractivity contribution in [3.05, 3.63) is 111 Å². The number of amides is 2. The van der Waals surface area contributed by atoms with Crippen LogP contribution in [0, 0.1) is 0 Å². The van der Waals surface area contributed by atoms with E-state index in [4.69, 9.17) is 0 Å².